The van der Waals surface area contributed by atoms with E-state index in [9.17, 15) is 18.0 Å². The summed E-state index contributed by atoms with van der Waals surface area (Å²) in [6, 6.07) is 5.16. The average Bonchev–Trinajstić information content (AvgIpc) is 3.05. The zero-order valence-corrected chi connectivity index (χ0v) is 17.0. The molecule has 0 spiro atoms. The maximum absolute atomic E-state index is 12.8. The summed E-state index contributed by atoms with van der Waals surface area (Å²) >= 11 is 0. The van der Waals surface area contributed by atoms with Crippen molar-refractivity contribution >= 4 is 5.96 Å². The summed E-state index contributed by atoms with van der Waals surface area (Å²) in [7, 11) is 0. The van der Waals surface area contributed by atoms with Gasteiger partial charge in [0.2, 0.25) is 0 Å². The van der Waals surface area contributed by atoms with Crippen molar-refractivity contribution in [2.75, 3.05) is 13.1 Å². The van der Waals surface area contributed by atoms with Crippen LogP contribution in [0.1, 0.15) is 43.1 Å². The topological polar surface area (TPSA) is 76.2 Å². The largest absolute Gasteiger partial charge is 0.416 e. The van der Waals surface area contributed by atoms with E-state index in [4.69, 9.17) is 0 Å². The van der Waals surface area contributed by atoms with Gasteiger partial charge in [-0.25, -0.2) is 14.5 Å². The lowest BCUT2D eigenvalue weighted by Crippen LogP contribution is -2.38. The minimum Gasteiger partial charge on any atom is -0.357 e. The van der Waals surface area contributed by atoms with Crippen molar-refractivity contribution in [3.8, 4) is 0 Å². The van der Waals surface area contributed by atoms with E-state index in [-0.39, 0.29) is 12.2 Å². The van der Waals surface area contributed by atoms with E-state index in [1.807, 2.05) is 6.92 Å². The molecule has 2 aromatic rings. The molecule has 30 heavy (non-hydrogen) atoms. The van der Waals surface area contributed by atoms with Crippen molar-refractivity contribution in [1.29, 1.82) is 0 Å². The number of alkyl halides is 3. The number of nitrogens with one attached hydrogen (secondary N) is 2. The smallest absolute Gasteiger partial charge is 0.357 e. The molecule has 0 amide bonds. The van der Waals surface area contributed by atoms with Gasteiger partial charge in [-0.15, -0.1) is 0 Å². The number of benzene rings is 1. The highest BCUT2D eigenvalue weighted by Crippen LogP contribution is 2.29. The molecule has 2 heterocycles. The van der Waals surface area contributed by atoms with Crippen LogP contribution in [0.2, 0.25) is 0 Å². The van der Waals surface area contributed by atoms with E-state index >= 15 is 0 Å². The van der Waals surface area contributed by atoms with E-state index in [1.54, 1.807) is 10.6 Å². The summed E-state index contributed by atoms with van der Waals surface area (Å²) in [5.41, 5.74) is -0.256. The average molecular weight is 424 g/mol. The fraction of sp³-hybridized carbons (Fsp3) is 0.550. The molecule has 0 saturated heterocycles. The van der Waals surface area contributed by atoms with Crippen LogP contribution < -0.4 is 16.3 Å². The monoisotopic (exact) mass is 424 g/mol. The van der Waals surface area contributed by atoms with E-state index in [0.29, 0.717) is 37.6 Å². The molecule has 0 saturated carbocycles. The van der Waals surface area contributed by atoms with Crippen LogP contribution in [0.15, 0.2) is 34.1 Å². The zero-order chi connectivity index (χ0) is 21.6. The lowest BCUT2D eigenvalue weighted by molar-refractivity contribution is -0.137. The van der Waals surface area contributed by atoms with Crippen LogP contribution in [-0.4, -0.2) is 33.4 Å². The molecular weight excluding hydrogens is 397 g/mol. The molecule has 1 aromatic carbocycles. The van der Waals surface area contributed by atoms with Crippen molar-refractivity contribution in [2.24, 2.45) is 4.99 Å². The highest BCUT2D eigenvalue weighted by Gasteiger charge is 2.30. The molecule has 0 fully saturated rings. The first-order chi connectivity index (χ1) is 14.4. The van der Waals surface area contributed by atoms with Gasteiger partial charge in [0.25, 0.3) is 0 Å². The van der Waals surface area contributed by atoms with Gasteiger partial charge in [-0.2, -0.15) is 18.3 Å². The molecule has 0 bridgehead atoms. The quantitative estimate of drug-likeness (QED) is 0.407. The van der Waals surface area contributed by atoms with Gasteiger partial charge in [-0.3, -0.25) is 4.57 Å². The molecule has 0 unspecified atom stereocenters. The van der Waals surface area contributed by atoms with Crippen molar-refractivity contribution in [3.63, 3.8) is 0 Å². The maximum Gasteiger partial charge on any atom is 0.416 e. The number of hydrogen-bond acceptors (Lipinski definition) is 3. The number of rotatable bonds is 7. The molecule has 0 atom stereocenters. The Bertz CT molecular complexity index is 931. The SMILES string of the molecule is CCNC(=NCc1cccc(C(F)(F)F)c1)NCCCn1nc2n(c1=O)CCCC2. The number of hydrogen-bond donors (Lipinski definition) is 2. The van der Waals surface area contributed by atoms with Gasteiger partial charge in [0.15, 0.2) is 5.96 Å². The number of aliphatic imine (C=N–C) groups is 1. The Morgan fingerprint density at radius 1 is 1.27 bits per heavy atom. The Hall–Kier alpha value is -2.78. The molecule has 2 N–H and O–H groups in total. The predicted molar refractivity (Wildman–Crippen MR) is 108 cm³/mol. The minimum atomic E-state index is -4.37. The van der Waals surface area contributed by atoms with Crippen LogP contribution in [0.3, 0.4) is 0 Å². The highest BCUT2D eigenvalue weighted by atomic mass is 19.4. The third-order valence-electron chi connectivity index (χ3n) is 4.89. The number of aryl methyl sites for hydroxylation is 2. The second-order valence-electron chi connectivity index (χ2n) is 7.20. The summed E-state index contributed by atoms with van der Waals surface area (Å²) in [4.78, 5) is 16.7. The minimum absolute atomic E-state index is 0.0604. The Balaban J connectivity index is 1.53. The van der Waals surface area contributed by atoms with Gasteiger partial charge in [0.05, 0.1) is 12.1 Å². The van der Waals surface area contributed by atoms with Crippen LogP contribution >= 0.6 is 0 Å². The molecule has 0 aliphatic carbocycles. The van der Waals surface area contributed by atoms with Gasteiger partial charge >= 0.3 is 11.9 Å². The second kappa shape index (κ2) is 9.82. The molecule has 1 aliphatic heterocycles. The zero-order valence-electron chi connectivity index (χ0n) is 17.0. The molecule has 10 heteroatoms. The van der Waals surface area contributed by atoms with Gasteiger partial charge in [0.1, 0.15) is 5.82 Å². The van der Waals surface area contributed by atoms with Crippen LogP contribution in [0.25, 0.3) is 0 Å². The van der Waals surface area contributed by atoms with Crippen molar-refractivity contribution in [2.45, 2.75) is 58.4 Å². The number of nitrogens with zero attached hydrogens (tertiary/aromatic N) is 4. The number of guanidine groups is 1. The molecular formula is C20H27F3N6O. The van der Waals surface area contributed by atoms with Crippen molar-refractivity contribution in [1.82, 2.24) is 25.0 Å². The van der Waals surface area contributed by atoms with Gasteiger partial charge < -0.3 is 10.6 Å². The van der Waals surface area contributed by atoms with Gasteiger partial charge in [0, 0.05) is 32.6 Å². The molecule has 164 valence electrons. The second-order valence-corrected chi connectivity index (χ2v) is 7.20. The molecule has 1 aliphatic rings. The number of halogens is 3. The van der Waals surface area contributed by atoms with Crippen molar-refractivity contribution < 1.29 is 13.2 Å². The molecule has 0 radical (unpaired) electrons. The van der Waals surface area contributed by atoms with E-state index in [2.05, 4.69) is 20.7 Å². The number of fused-ring (bicyclic) bond motifs is 1. The summed E-state index contributed by atoms with van der Waals surface area (Å²) in [5.74, 6) is 1.38. The first kappa shape index (κ1) is 21.9. The number of aromatic nitrogens is 3. The standard InChI is InChI=1S/C20H27F3N6O/c1-2-24-18(26-14-15-7-5-8-16(13-15)20(21,22)23)25-10-6-12-29-19(30)28-11-4-3-9-17(28)27-29/h5,7-8,13H,2-4,6,9-12,14H2,1H3,(H2,24,25,26). The normalized spacial score (nSPS) is 14.5. The summed E-state index contributed by atoms with van der Waals surface area (Å²) in [5, 5.41) is 10.6. The Morgan fingerprint density at radius 3 is 2.83 bits per heavy atom. The lowest BCUT2D eigenvalue weighted by atomic mass is 10.1. The first-order valence-electron chi connectivity index (χ1n) is 10.2. The fourth-order valence-electron chi connectivity index (χ4n) is 3.39. The van der Waals surface area contributed by atoms with Gasteiger partial charge in [-0.1, -0.05) is 12.1 Å². The highest BCUT2D eigenvalue weighted by molar-refractivity contribution is 5.79. The van der Waals surface area contributed by atoms with Crippen LogP contribution in [0, 0.1) is 0 Å². The summed E-state index contributed by atoms with van der Waals surface area (Å²) in [6.45, 7) is 4.46. The fourth-order valence-corrected chi connectivity index (χ4v) is 3.39. The van der Waals surface area contributed by atoms with Crippen LogP contribution in [-0.2, 0) is 32.2 Å². The van der Waals surface area contributed by atoms with E-state index in [0.717, 1.165) is 43.8 Å². The third-order valence-corrected chi connectivity index (χ3v) is 4.89. The Labute approximate surface area is 173 Å². The van der Waals surface area contributed by atoms with Crippen molar-refractivity contribution in [3.05, 3.63) is 51.7 Å². The van der Waals surface area contributed by atoms with Gasteiger partial charge in [-0.05, 0) is 43.9 Å². The molecule has 1 aromatic heterocycles. The Kier molecular flexibility index (Phi) is 7.17. The first-order valence-corrected chi connectivity index (χ1v) is 10.2. The van der Waals surface area contributed by atoms with E-state index in [1.165, 1.54) is 10.7 Å². The third kappa shape index (κ3) is 5.64. The van der Waals surface area contributed by atoms with Crippen LogP contribution in [0.4, 0.5) is 13.2 Å². The van der Waals surface area contributed by atoms with E-state index < -0.39 is 11.7 Å². The summed E-state index contributed by atoms with van der Waals surface area (Å²) < 4.78 is 41.8. The molecule has 3 rings (SSSR count). The summed E-state index contributed by atoms with van der Waals surface area (Å²) in [6.07, 6.45) is -0.786. The lowest BCUT2D eigenvalue weighted by Gasteiger charge is -2.12. The molecule has 7 nitrogen and oxygen atoms in total. The van der Waals surface area contributed by atoms with Crippen LogP contribution in [0.5, 0.6) is 0 Å². The maximum atomic E-state index is 12.8. The predicted octanol–water partition coefficient (Wildman–Crippen LogP) is 2.55. The Morgan fingerprint density at radius 2 is 2.10 bits per heavy atom.